The standard InChI is InChI=1S/C12H21N5O2S/c1-9-5-4-6-10(2)17(9)16-20(18,19)11-7-14-12(13-3)15-8-11/h7-10,16H,4-6H2,1-3H3,(H,13,14,15). The highest BCUT2D eigenvalue weighted by Gasteiger charge is 2.29. The Morgan fingerprint density at radius 3 is 2.25 bits per heavy atom. The summed E-state index contributed by atoms with van der Waals surface area (Å²) in [5.74, 6) is 0.392. The molecule has 112 valence electrons. The first kappa shape index (κ1) is 15.1. The van der Waals surface area contributed by atoms with E-state index >= 15 is 0 Å². The fraction of sp³-hybridized carbons (Fsp3) is 0.667. The Morgan fingerprint density at radius 2 is 1.75 bits per heavy atom. The van der Waals surface area contributed by atoms with Crippen LogP contribution in [0.25, 0.3) is 0 Å². The molecular weight excluding hydrogens is 278 g/mol. The number of piperidine rings is 1. The lowest BCUT2D eigenvalue weighted by Crippen LogP contribution is -2.53. The van der Waals surface area contributed by atoms with Crippen molar-refractivity contribution in [3.63, 3.8) is 0 Å². The fourth-order valence-corrected chi connectivity index (χ4v) is 3.50. The van der Waals surface area contributed by atoms with Gasteiger partial charge in [0.2, 0.25) is 5.95 Å². The minimum atomic E-state index is -3.63. The van der Waals surface area contributed by atoms with Crippen molar-refractivity contribution in [2.24, 2.45) is 0 Å². The second kappa shape index (κ2) is 6.02. The van der Waals surface area contributed by atoms with Crippen molar-refractivity contribution >= 4 is 16.0 Å². The monoisotopic (exact) mass is 299 g/mol. The predicted octanol–water partition coefficient (Wildman–Crippen LogP) is 0.974. The zero-order valence-electron chi connectivity index (χ0n) is 12.0. The maximum absolute atomic E-state index is 12.3. The molecule has 7 nitrogen and oxygen atoms in total. The van der Waals surface area contributed by atoms with E-state index in [1.54, 1.807) is 7.05 Å². The normalized spacial score (nSPS) is 24.6. The molecule has 2 unspecified atom stereocenters. The van der Waals surface area contributed by atoms with Crippen LogP contribution in [0.2, 0.25) is 0 Å². The first-order chi connectivity index (χ1) is 9.44. The molecule has 1 aromatic rings. The van der Waals surface area contributed by atoms with Gasteiger partial charge >= 0.3 is 0 Å². The molecule has 1 aliphatic heterocycles. The van der Waals surface area contributed by atoms with Crippen LogP contribution in [0, 0.1) is 0 Å². The number of aromatic nitrogens is 2. The highest BCUT2D eigenvalue weighted by Crippen LogP contribution is 2.21. The van der Waals surface area contributed by atoms with Crippen molar-refractivity contribution in [1.29, 1.82) is 0 Å². The molecule has 1 aromatic heterocycles. The first-order valence-electron chi connectivity index (χ1n) is 6.74. The molecular formula is C12H21N5O2S. The number of nitrogens with one attached hydrogen (secondary N) is 2. The van der Waals surface area contributed by atoms with Crippen LogP contribution in [0.3, 0.4) is 0 Å². The number of hydrazine groups is 1. The maximum Gasteiger partial charge on any atom is 0.256 e. The van der Waals surface area contributed by atoms with Crippen molar-refractivity contribution in [2.45, 2.75) is 50.1 Å². The second-order valence-corrected chi connectivity index (χ2v) is 6.78. The number of hydrogen-bond donors (Lipinski definition) is 2. The van der Waals surface area contributed by atoms with Gasteiger partial charge in [-0.2, -0.15) is 0 Å². The van der Waals surface area contributed by atoms with E-state index in [0.717, 1.165) is 19.3 Å². The third kappa shape index (κ3) is 3.25. The summed E-state index contributed by atoms with van der Waals surface area (Å²) in [4.78, 5) is 10.6. The molecule has 0 aromatic carbocycles. The van der Waals surface area contributed by atoms with Crippen molar-refractivity contribution in [1.82, 2.24) is 19.8 Å². The Labute approximate surface area is 119 Å². The van der Waals surface area contributed by atoms with Crippen LogP contribution in [0.15, 0.2) is 17.3 Å². The zero-order chi connectivity index (χ0) is 14.8. The van der Waals surface area contributed by atoms with Gasteiger partial charge in [0.05, 0.1) is 12.4 Å². The SMILES string of the molecule is CNc1ncc(S(=O)(=O)NN2C(C)CCCC2C)cn1. The van der Waals surface area contributed by atoms with Crippen LogP contribution >= 0.6 is 0 Å². The summed E-state index contributed by atoms with van der Waals surface area (Å²) in [6.07, 6.45) is 5.71. The molecule has 1 aliphatic rings. The van der Waals surface area contributed by atoms with E-state index in [-0.39, 0.29) is 17.0 Å². The molecule has 8 heteroatoms. The molecule has 20 heavy (non-hydrogen) atoms. The Morgan fingerprint density at radius 1 is 1.20 bits per heavy atom. The van der Waals surface area contributed by atoms with Gasteiger partial charge in [-0.15, -0.1) is 4.83 Å². The van der Waals surface area contributed by atoms with Crippen LogP contribution in [0.1, 0.15) is 33.1 Å². The highest BCUT2D eigenvalue weighted by atomic mass is 32.2. The third-order valence-electron chi connectivity index (χ3n) is 3.58. The van der Waals surface area contributed by atoms with E-state index in [0.29, 0.717) is 5.95 Å². The van der Waals surface area contributed by atoms with Gasteiger partial charge < -0.3 is 5.32 Å². The Bertz CT molecular complexity index is 535. The molecule has 2 heterocycles. The summed E-state index contributed by atoms with van der Waals surface area (Å²) in [5.41, 5.74) is 0. The summed E-state index contributed by atoms with van der Waals surface area (Å²) in [5, 5.41) is 4.56. The summed E-state index contributed by atoms with van der Waals surface area (Å²) >= 11 is 0. The van der Waals surface area contributed by atoms with Crippen molar-refractivity contribution in [3.05, 3.63) is 12.4 Å². The fourth-order valence-electron chi connectivity index (χ4n) is 2.38. The second-order valence-electron chi connectivity index (χ2n) is 5.12. The summed E-state index contributed by atoms with van der Waals surface area (Å²) in [6, 6.07) is 0.372. The van der Waals surface area contributed by atoms with Crippen molar-refractivity contribution in [3.8, 4) is 0 Å². The lowest BCUT2D eigenvalue weighted by atomic mass is 10.0. The zero-order valence-corrected chi connectivity index (χ0v) is 12.8. The quantitative estimate of drug-likeness (QED) is 0.861. The maximum atomic E-state index is 12.3. The molecule has 0 saturated carbocycles. The van der Waals surface area contributed by atoms with Crippen LogP contribution in [0.5, 0.6) is 0 Å². The Balaban J connectivity index is 2.17. The van der Waals surface area contributed by atoms with E-state index < -0.39 is 10.0 Å². The summed E-state index contributed by atoms with van der Waals surface area (Å²) < 4.78 is 24.7. The van der Waals surface area contributed by atoms with Gasteiger partial charge in [-0.3, -0.25) is 0 Å². The molecule has 2 atom stereocenters. The van der Waals surface area contributed by atoms with Gasteiger partial charge in [0.1, 0.15) is 4.90 Å². The average Bonchev–Trinajstić information content (AvgIpc) is 2.43. The Kier molecular flexibility index (Phi) is 4.56. The van der Waals surface area contributed by atoms with E-state index in [4.69, 9.17) is 0 Å². The molecule has 0 radical (unpaired) electrons. The van der Waals surface area contributed by atoms with E-state index in [1.165, 1.54) is 12.4 Å². The van der Waals surface area contributed by atoms with Crippen LogP contribution < -0.4 is 10.1 Å². The molecule has 1 fully saturated rings. The van der Waals surface area contributed by atoms with Gasteiger partial charge in [0, 0.05) is 19.1 Å². The molecule has 2 rings (SSSR count). The van der Waals surface area contributed by atoms with Gasteiger partial charge in [0.25, 0.3) is 10.0 Å². The summed E-state index contributed by atoms with van der Waals surface area (Å²) in [6.45, 7) is 4.05. The van der Waals surface area contributed by atoms with Gasteiger partial charge in [-0.25, -0.2) is 23.4 Å². The first-order valence-corrected chi connectivity index (χ1v) is 8.23. The molecule has 0 bridgehead atoms. The average molecular weight is 299 g/mol. The van der Waals surface area contributed by atoms with E-state index in [2.05, 4.69) is 20.1 Å². The predicted molar refractivity (Wildman–Crippen MR) is 76.5 cm³/mol. The van der Waals surface area contributed by atoms with Crippen LogP contribution in [0.4, 0.5) is 5.95 Å². The molecule has 0 aliphatic carbocycles. The number of anilines is 1. The van der Waals surface area contributed by atoms with Crippen LogP contribution in [-0.4, -0.2) is 42.5 Å². The van der Waals surface area contributed by atoms with Gasteiger partial charge in [-0.1, -0.05) is 6.42 Å². The van der Waals surface area contributed by atoms with Crippen LogP contribution in [-0.2, 0) is 10.0 Å². The number of nitrogens with zero attached hydrogens (tertiary/aromatic N) is 3. The minimum absolute atomic E-state index is 0.0708. The van der Waals surface area contributed by atoms with Gasteiger partial charge in [0.15, 0.2) is 0 Å². The Hall–Kier alpha value is -1.25. The van der Waals surface area contributed by atoms with Gasteiger partial charge in [-0.05, 0) is 26.7 Å². The minimum Gasteiger partial charge on any atom is -0.357 e. The molecule has 1 saturated heterocycles. The van der Waals surface area contributed by atoms with Crippen molar-refractivity contribution in [2.75, 3.05) is 12.4 Å². The van der Waals surface area contributed by atoms with Crippen molar-refractivity contribution < 1.29 is 8.42 Å². The topological polar surface area (TPSA) is 87.2 Å². The number of sulfonamides is 1. The summed E-state index contributed by atoms with van der Waals surface area (Å²) in [7, 11) is -1.95. The van der Waals surface area contributed by atoms with E-state index in [9.17, 15) is 8.42 Å². The van der Waals surface area contributed by atoms with E-state index in [1.807, 2.05) is 18.9 Å². The smallest absolute Gasteiger partial charge is 0.256 e. The largest absolute Gasteiger partial charge is 0.357 e. The number of hydrogen-bond acceptors (Lipinski definition) is 6. The lowest BCUT2D eigenvalue weighted by molar-refractivity contribution is 0.0790. The molecule has 0 spiro atoms. The highest BCUT2D eigenvalue weighted by molar-refractivity contribution is 7.89. The lowest BCUT2D eigenvalue weighted by Gasteiger charge is -2.38. The third-order valence-corrected chi connectivity index (χ3v) is 4.86. The molecule has 2 N–H and O–H groups in total. The molecule has 0 amide bonds. The number of rotatable bonds is 4.